The lowest BCUT2D eigenvalue weighted by atomic mass is 10.0. The topological polar surface area (TPSA) is 39.1 Å². The predicted octanol–water partition coefficient (Wildman–Crippen LogP) is 1.26. The first kappa shape index (κ1) is 9.52. The molecule has 14 heavy (non-hydrogen) atoms. The van der Waals surface area contributed by atoms with E-state index in [9.17, 15) is 0 Å². The van der Waals surface area contributed by atoms with Crippen molar-refractivity contribution in [2.75, 3.05) is 18.5 Å². The summed E-state index contributed by atoms with van der Waals surface area (Å²) < 4.78 is 7.35. The van der Waals surface area contributed by atoms with Crippen LogP contribution in [0.15, 0.2) is 12.4 Å². The fourth-order valence-corrected chi connectivity index (χ4v) is 1.77. The van der Waals surface area contributed by atoms with E-state index in [1.54, 1.807) is 6.20 Å². The van der Waals surface area contributed by atoms with Crippen LogP contribution in [0.2, 0.25) is 0 Å². The summed E-state index contributed by atoms with van der Waals surface area (Å²) in [5.74, 6) is 1.55. The van der Waals surface area contributed by atoms with Gasteiger partial charge in [-0.15, -0.1) is 0 Å². The Morgan fingerprint density at radius 3 is 3.14 bits per heavy atom. The van der Waals surface area contributed by atoms with Gasteiger partial charge in [-0.2, -0.15) is 0 Å². The molecule has 0 amide bonds. The maximum Gasteiger partial charge on any atom is 0.202 e. The molecular formula is C10H17N3O. The predicted molar refractivity (Wildman–Crippen MR) is 55.2 cm³/mol. The highest BCUT2D eigenvalue weighted by molar-refractivity contribution is 5.27. The molecule has 1 fully saturated rings. The van der Waals surface area contributed by atoms with Gasteiger partial charge in [-0.1, -0.05) is 0 Å². The van der Waals surface area contributed by atoms with E-state index in [0.717, 1.165) is 25.6 Å². The van der Waals surface area contributed by atoms with Gasteiger partial charge in [0.1, 0.15) is 0 Å². The Balaban J connectivity index is 1.93. The SMILES string of the molecule is CC(Nc1nccn1C)C1CCOC1. The minimum absolute atomic E-state index is 0.429. The Bertz CT molecular complexity index is 291. The van der Waals surface area contributed by atoms with Gasteiger partial charge < -0.3 is 14.6 Å². The lowest BCUT2D eigenvalue weighted by molar-refractivity contribution is 0.183. The zero-order valence-electron chi connectivity index (χ0n) is 8.73. The van der Waals surface area contributed by atoms with E-state index in [4.69, 9.17) is 4.74 Å². The third kappa shape index (κ3) is 1.90. The van der Waals surface area contributed by atoms with Crippen molar-refractivity contribution in [2.45, 2.75) is 19.4 Å². The maximum absolute atomic E-state index is 5.36. The van der Waals surface area contributed by atoms with Gasteiger partial charge in [0.15, 0.2) is 0 Å². The molecule has 1 aliphatic rings. The molecule has 1 saturated heterocycles. The number of nitrogens with one attached hydrogen (secondary N) is 1. The van der Waals surface area contributed by atoms with Crippen molar-refractivity contribution < 1.29 is 4.74 Å². The summed E-state index contributed by atoms with van der Waals surface area (Å²) >= 11 is 0. The highest BCUT2D eigenvalue weighted by Gasteiger charge is 2.22. The summed E-state index contributed by atoms with van der Waals surface area (Å²) in [6.45, 7) is 3.96. The van der Waals surface area contributed by atoms with E-state index in [2.05, 4.69) is 17.2 Å². The van der Waals surface area contributed by atoms with Crippen molar-refractivity contribution in [1.82, 2.24) is 9.55 Å². The molecule has 0 aliphatic carbocycles. The molecule has 1 N–H and O–H groups in total. The molecule has 78 valence electrons. The molecule has 0 aromatic carbocycles. The summed E-state index contributed by atoms with van der Waals surface area (Å²) in [5.41, 5.74) is 0. The number of aryl methyl sites for hydroxylation is 1. The maximum atomic E-state index is 5.36. The summed E-state index contributed by atoms with van der Waals surface area (Å²) in [6.07, 6.45) is 4.90. The van der Waals surface area contributed by atoms with Crippen LogP contribution in [-0.2, 0) is 11.8 Å². The Morgan fingerprint density at radius 2 is 2.57 bits per heavy atom. The molecule has 0 bridgehead atoms. The molecule has 1 aromatic heterocycles. The Labute approximate surface area is 84.3 Å². The first-order chi connectivity index (χ1) is 6.77. The van der Waals surface area contributed by atoms with E-state index in [1.165, 1.54) is 0 Å². The molecule has 0 saturated carbocycles. The normalized spacial score (nSPS) is 23.7. The number of hydrogen-bond donors (Lipinski definition) is 1. The summed E-state index contributed by atoms with van der Waals surface area (Å²) in [7, 11) is 1.99. The van der Waals surface area contributed by atoms with Crippen molar-refractivity contribution >= 4 is 5.95 Å². The van der Waals surface area contributed by atoms with Crippen LogP contribution in [0.4, 0.5) is 5.95 Å². The zero-order chi connectivity index (χ0) is 9.97. The number of anilines is 1. The van der Waals surface area contributed by atoms with Gasteiger partial charge in [-0.3, -0.25) is 0 Å². The van der Waals surface area contributed by atoms with E-state index in [0.29, 0.717) is 12.0 Å². The molecule has 4 heteroatoms. The second kappa shape index (κ2) is 4.00. The molecule has 4 nitrogen and oxygen atoms in total. The van der Waals surface area contributed by atoms with Gasteiger partial charge in [-0.05, 0) is 13.3 Å². The van der Waals surface area contributed by atoms with Crippen LogP contribution in [0.5, 0.6) is 0 Å². The molecule has 0 radical (unpaired) electrons. The van der Waals surface area contributed by atoms with Gasteiger partial charge in [-0.25, -0.2) is 4.98 Å². The monoisotopic (exact) mass is 195 g/mol. The summed E-state index contributed by atoms with van der Waals surface area (Å²) in [4.78, 5) is 4.24. The molecule has 2 rings (SSSR count). The molecular weight excluding hydrogens is 178 g/mol. The Kier molecular flexibility index (Phi) is 2.72. The van der Waals surface area contributed by atoms with Crippen molar-refractivity contribution in [1.29, 1.82) is 0 Å². The number of hydrogen-bond acceptors (Lipinski definition) is 3. The lowest BCUT2D eigenvalue weighted by Crippen LogP contribution is -2.27. The second-order valence-electron chi connectivity index (χ2n) is 3.92. The van der Waals surface area contributed by atoms with E-state index in [-0.39, 0.29) is 0 Å². The van der Waals surface area contributed by atoms with Crippen LogP contribution in [0.1, 0.15) is 13.3 Å². The molecule has 0 spiro atoms. The highest BCUT2D eigenvalue weighted by Crippen LogP contribution is 2.19. The fourth-order valence-electron chi connectivity index (χ4n) is 1.77. The highest BCUT2D eigenvalue weighted by atomic mass is 16.5. The molecule has 2 unspecified atom stereocenters. The van der Waals surface area contributed by atoms with Crippen LogP contribution in [-0.4, -0.2) is 28.8 Å². The quantitative estimate of drug-likeness (QED) is 0.789. The minimum Gasteiger partial charge on any atom is -0.381 e. The van der Waals surface area contributed by atoms with Gasteiger partial charge >= 0.3 is 0 Å². The van der Waals surface area contributed by atoms with Gasteiger partial charge in [0.2, 0.25) is 5.95 Å². The number of imidazole rings is 1. The molecule has 2 heterocycles. The van der Waals surface area contributed by atoms with Crippen LogP contribution in [0.3, 0.4) is 0 Å². The van der Waals surface area contributed by atoms with E-state index < -0.39 is 0 Å². The summed E-state index contributed by atoms with van der Waals surface area (Å²) in [5, 5.41) is 3.40. The van der Waals surface area contributed by atoms with Crippen molar-refractivity contribution in [2.24, 2.45) is 13.0 Å². The van der Waals surface area contributed by atoms with Crippen molar-refractivity contribution in [3.63, 3.8) is 0 Å². The molecule has 1 aliphatic heterocycles. The molecule has 2 atom stereocenters. The third-order valence-electron chi connectivity index (χ3n) is 2.85. The van der Waals surface area contributed by atoms with Gasteiger partial charge in [0, 0.05) is 38.0 Å². The van der Waals surface area contributed by atoms with Crippen molar-refractivity contribution in [3.8, 4) is 0 Å². The lowest BCUT2D eigenvalue weighted by Gasteiger charge is -2.19. The third-order valence-corrected chi connectivity index (χ3v) is 2.85. The van der Waals surface area contributed by atoms with Crippen LogP contribution >= 0.6 is 0 Å². The zero-order valence-corrected chi connectivity index (χ0v) is 8.73. The largest absolute Gasteiger partial charge is 0.381 e. The smallest absolute Gasteiger partial charge is 0.202 e. The number of aromatic nitrogens is 2. The van der Waals surface area contributed by atoms with Crippen LogP contribution < -0.4 is 5.32 Å². The summed E-state index contributed by atoms with van der Waals surface area (Å²) in [6, 6.07) is 0.429. The van der Waals surface area contributed by atoms with Crippen LogP contribution in [0, 0.1) is 5.92 Å². The van der Waals surface area contributed by atoms with E-state index in [1.807, 2.05) is 17.8 Å². The second-order valence-corrected chi connectivity index (χ2v) is 3.92. The standard InChI is InChI=1S/C10H17N3O/c1-8(9-3-6-14-7-9)12-10-11-4-5-13(10)2/h4-5,8-9H,3,6-7H2,1-2H3,(H,11,12). The van der Waals surface area contributed by atoms with Gasteiger partial charge in [0.25, 0.3) is 0 Å². The number of nitrogens with zero attached hydrogens (tertiary/aromatic N) is 2. The van der Waals surface area contributed by atoms with Crippen LogP contribution in [0.25, 0.3) is 0 Å². The van der Waals surface area contributed by atoms with E-state index >= 15 is 0 Å². The number of rotatable bonds is 3. The van der Waals surface area contributed by atoms with Gasteiger partial charge in [0.05, 0.1) is 6.61 Å². The fraction of sp³-hybridized carbons (Fsp3) is 0.700. The minimum atomic E-state index is 0.429. The Morgan fingerprint density at radius 1 is 1.71 bits per heavy atom. The first-order valence-electron chi connectivity index (χ1n) is 5.09. The average Bonchev–Trinajstić information content (AvgIpc) is 2.77. The van der Waals surface area contributed by atoms with Crippen molar-refractivity contribution in [3.05, 3.63) is 12.4 Å². The number of ether oxygens (including phenoxy) is 1. The first-order valence-corrected chi connectivity index (χ1v) is 5.09. The average molecular weight is 195 g/mol. The Hall–Kier alpha value is -1.03. The molecule has 1 aromatic rings.